The van der Waals surface area contributed by atoms with Crippen molar-refractivity contribution in [3.63, 3.8) is 0 Å². The van der Waals surface area contributed by atoms with Crippen molar-refractivity contribution in [2.24, 2.45) is 10.7 Å². The molecular formula is C13H13N5O4S. The van der Waals surface area contributed by atoms with Gasteiger partial charge in [-0.05, 0) is 11.8 Å². The summed E-state index contributed by atoms with van der Waals surface area (Å²) in [6.07, 6.45) is 3.85. The van der Waals surface area contributed by atoms with E-state index in [-0.39, 0.29) is 28.1 Å². The maximum absolute atomic E-state index is 12.3. The van der Waals surface area contributed by atoms with Crippen LogP contribution in [-0.4, -0.2) is 51.5 Å². The van der Waals surface area contributed by atoms with Gasteiger partial charge in [0.1, 0.15) is 0 Å². The third-order valence-corrected chi connectivity index (χ3v) is 3.72. The van der Waals surface area contributed by atoms with E-state index >= 15 is 0 Å². The standard InChI is InChI=1S/C13H13N5O4S/c1-3-4-18-12(21)7(5-8(19)22-2)23-13(18)17-11-9(10(14)20)15-6-16-11/h3,5-6H,1,4H2,2H3,(H2,14,20)(H,15,16)/b7-5+,17-13?. The minimum absolute atomic E-state index is 0.0227. The number of amides is 2. The van der Waals surface area contributed by atoms with E-state index in [1.54, 1.807) is 0 Å². The quantitative estimate of drug-likeness (QED) is 0.452. The Hall–Kier alpha value is -2.88. The van der Waals surface area contributed by atoms with Crippen LogP contribution in [0.4, 0.5) is 5.82 Å². The predicted molar refractivity (Wildman–Crippen MR) is 83.8 cm³/mol. The van der Waals surface area contributed by atoms with Crippen LogP contribution in [-0.2, 0) is 14.3 Å². The molecule has 3 N–H and O–H groups in total. The Morgan fingerprint density at radius 2 is 2.35 bits per heavy atom. The molecule has 0 radical (unpaired) electrons. The molecule has 1 aliphatic rings. The van der Waals surface area contributed by atoms with Gasteiger partial charge in [0.15, 0.2) is 16.7 Å². The molecule has 0 aromatic carbocycles. The zero-order chi connectivity index (χ0) is 17.0. The predicted octanol–water partition coefficient (Wildman–Crippen LogP) is 0.314. The van der Waals surface area contributed by atoms with Crippen LogP contribution < -0.4 is 5.73 Å². The van der Waals surface area contributed by atoms with Crippen LogP contribution in [0.3, 0.4) is 0 Å². The molecule has 120 valence electrons. The molecule has 10 heteroatoms. The normalized spacial score (nSPS) is 17.8. The van der Waals surface area contributed by atoms with Crippen molar-refractivity contribution < 1.29 is 19.1 Å². The summed E-state index contributed by atoms with van der Waals surface area (Å²) in [5, 5.41) is 0.250. The molecule has 1 aromatic heterocycles. The number of nitrogens with zero attached hydrogens (tertiary/aromatic N) is 3. The number of aliphatic imine (C=N–C) groups is 1. The minimum atomic E-state index is -0.725. The molecule has 2 rings (SSSR count). The lowest BCUT2D eigenvalue weighted by Crippen LogP contribution is -2.29. The first-order valence-electron chi connectivity index (χ1n) is 6.30. The average Bonchev–Trinajstić information content (AvgIpc) is 3.08. The first-order valence-corrected chi connectivity index (χ1v) is 7.11. The molecule has 2 amide bonds. The zero-order valence-corrected chi connectivity index (χ0v) is 12.9. The number of imidazole rings is 1. The van der Waals surface area contributed by atoms with Gasteiger partial charge in [0.2, 0.25) is 0 Å². The van der Waals surface area contributed by atoms with Crippen molar-refractivity contribution in [3.05, 3.63) is 35.7 Å². The summed E-state index contributed by atoms with van der Waals surface area (Å²) in [6.45, 7) is 3.75. The van der Waals surface area contributed by atoms with Gasteiger partial charge in [-0.3, -0.25) is 14.5 Å². The monoisotopic (exact) mass is 335 g/mol. The van der Waals surface area contributed by atoms with E-state index in [0.717, 1.165) is 17.8 Å². The van der Waals surface area contributed by atoms with Gasteiger partial charge >= 0.3 is 5.97 Å². The molecule has 1 fully saturated rings. The van der Waals surface area contributed by atoms with Crippen molar-refractivity contribution in [1.29, 1.82) is 0 Å². The summed E-state index contributed by atoms with van der Waals surface area (Å²) < 4.78 is 4.51. The number of methoxy groups -OCH3 is 1. The summed E-state index contributed by atoms with van der Waals surface area (Å²) in [5.41, 5.74) is 5.23. The van der Waals surface area contributed by atoms with Crippen LogP contribution in [0.2, 0.25) is 0 Å². The fraction of sp³-hybridized carbons (Fsp3) is 0.154. The molecule has 1 aromatic rings. The molecular weight excluding hydrogens is 322 g/mol. The summed E-state index contributed by atoms with van der Waals surface area (Å²) in [7, 11) is 1.21. The summed E-state index contributed by atoms with van der Waals surface area (Å²) in [6, 6.07) is 0. The third-order valence-electron chi connectivity index (χ3n) is 2.72. The molecule has 1 saturated heterocycles. The van der Waals surface area contributed by atoms with Gasteiger partial charge in [-0.2, -0.15) is 0 Å². The molecule has 0 saturated carbocycles. The van der Waals surface area contributed by atoms with Crippen LogP contribution in [0.1, 0.15) is 10.5 Å². The number of hydrogen-bond acceptors (Lipinski definition) is 7. The summed E-state index contributed by atoms with van der Waals surface area (Å²) in [4.78, 5) is 47.0. The van der Waals surface area contributed by atoms with Gasteiger partial charge in [0.05, 0.1) is 18.3 Å². The maximum atomic E-state index is 12.3. The second kappa shape index (κ2) is 6.92. The number of nitrogens with two attached hydrogens (primary N) is 1. The summed E-state index contributed by atoms with van der Waals surface area (Å²) in [5.74, 6) is -1.74. The fourth-order valence-electron chi connectivity index (χ4n) is 1.69. The Kier molecular flexibility index (Phi) is 4.96. The van der Waals surface area contributed by atoms with Gasteiger partial charge in [-0.15, -0.1) is 6.58 Å². The van der Waals surface area contributed by atoms with Gasteiger partial charge < -0.3 is 15.5 Å². The number of amidine groups is 1. The highest BCUT2D eigenvalue weighted by Gasteiger charge is 2.33. The van der Waals surface area contributed by atoms with Gasteiger partial charge in [-0.1, -0.05) is 6.08 Å². The largest absolute Gasteiger partial charge is 0.466 e. The number of ether oxygens (including phenoxy) is 1. The number of primary amides is 1. The van der Waals surface area contributed by atoms with Crippen molar-refractivity contribution in [3.8, 4) is 0 Å². The molecule has 0 atom stereocenters. The van der Waals surface area contributed by atoms with Gasteiger partial charge in [0, 0.05) is 12.6 Å². The number of thioether (sulfide) groups is 1. The molecule has 2 heterocycles. The number of H-pyrrole nitrogens is 1. The number of aromatic amines is 1. The topological polar surface area (TPSA) is 131 Å². The lowest BCUT2D eigenvalue weighted by atomic mass is 10.4. The van der Waals surface area contributed by atoms with Crippen LogP contribution in [0.5, 0.6) is 0 Å². The van der Waals surface area contributed by atoms with Crippen molar-refractivity contribution >= 4 is 40.5 Å². The Labute approximate surface area is 135 Å². The van der Waals surface area contributed by atoms with Crippen LogP contribution in [0, 0.1) is 0 Å². The molecule has 0 unspecified atom stereocenters. The Morgan fingerprint density at radius 3 is 2.96 bits per heavy atom. The molecule has 0 aliphatic carbocycles. The molecule has 23 heavy (non-hydrogen) atoms. The minimum Gasteiger partial charge on any atom is -0.466 e. The lowest BCUT2D eigenvalue weighted by Gasteiger charge is -2.12. The molecule has 9 nitrogen and oxygen atoms in total. The maximum Gasteiger partial charge on any atom is 0.331 e. The van der Waals surface area contributed by atoms with E-state index in [1.165, 1.54) is 24.4 Å². The first-order chi connectivity index (χ1) is 11.0. The fourth-order valence-corrected chi connectivity index (χ4v) is 2.64. The lowest BCUT2D eigenvalue weighted by molar-refractivity contribution is -0.135. The highest BCUT2D eigenvalue weighted by Crippen LogP contribution is 2.32. The smallest absolute Gasteiger partial charge is 0.331 e. The SMILES string of the molecule is C=CCN1C(=O)/C(=C\C(=O)OC)SC1=Nc1nc[nH]c1C(N)=O. The number of carbonyl (C=O) groups excluding carboxylic acids is 3. The van der Waals surface area contributed by atoms with Crippen molar-refractivity contribution in [2.45, 2.75) is 0 Å². The average molecular weight is 335 g/mol. The number of aromatic nitrogens is 2. The Bertz CT molecular complexity index is 736. The van der Waals surface area contributed by atoms with Gasteiger partial charge in [0.25, 0.3) is 11.8 Å². The molecule has 0 bridgehead atoms. The van der Waals surface area contributed by atoms with E-state index in [0.29, 0.717) is 0 Å². The van der Waals surface area contributed by atoms with Crippen molar-refractivity contribution in [2.75, 3.05) is 13.7 Å². The molecule has 0 spiro atoms. The zero-order valence-electron chi connectivity index (χ0n) is 12.1. The Balaban J connectivity index is 2.41. The number of nitrogens with one attached hydrogen (secondary N) is 1. The number of carbonyl (C=O) groups is 3. The number of rotatable bonds is 5. The number of esters is 1. The van der Waals surface area contributed by atoms with Crippen LogP contribution >= 0.6 is 11.8 Å². The Morgan fingerprint density at radius 1 is 1.61 bits per heavy atom. The number of hydrogen-bond donors (Lipinski definition) is 2. The van der Waals surface area contributed by atoms with Crippen LogP contribution in [0.15, 0.2) is 35.0 Å². The second-order valence-corrected chi connectivity index (χ2v) is 5.21. The van der Waals surface area contributed by atoms with E-state index in [1.807, 2.05) is 0 Å². The third kappa shape index (κ3) is 3.48. The first kappa shape index (κ1) is 16.5. The molecule has 1 aliphatic heterocycles. The van der Waals surface area contributed by atoms with E-state index in [2.05, 4.69) is 26.3 Å². The van der Waals surface area contributed by atoms with Crippen molar-refractivity contribution in [1.82, 2.24) is 14.9 Å². The summed E-state index contributed by atoms with van der Waals surface area (Å²) >= 11 is 0.962. The van der Waals surface area contributed by atoms with Gasteiger partial charge in [-0.25, -0.2) is 14.8 Å². The van der Waals surface area contributed by atoms with Crippen LogP contribution in [0.25, 0.3) is 0 Å². The van der Waals surface area contributed by atoms with E-state index in [4.69, 9.17) is 5.73 Å². The highest BCUT2D eigenvalue weighted by molar-refractivity contribution is 8.18. The van der Waals surface area contributed by atoms with E-state index < -0.39 is 17.8 Å². The van der Waals surface area contributed by atoms with E-state index in [9.17, 15) is 14.4 Å². The second-order valence-electron chi connectivity index (χ2n) is 4.20. The highest BCUT2D eigenvalue weighted by atomic mass is 32.2.